The quantitative estimate of drug-likeness (QED) is 0.580. The summed E-state index contributed by atoms with van der Waals surface area (Å²) in [7, 11) is 0. The van der Waals surface area contributed by atoms with Crippen molar-refractivity contribution in [3.05, 3.63) is 33.8 Å². The van der Waals surface area contributed by atoms with Gasteiger partial charge in [0.2, 0.25) is 0 Å². The van der Waals surface area contributed by atoms with Crippen LogP contribution in [0.1, 0.15) is 39.2 Å². The third-order valence-corrected chi connectivity index (χ3v) is 5.29. The predicted octanol–water partition coefficient (Wildman–Crippen LogP) is 6.13. The fourth-order valence-corrected chi connectivity index (χ4v) is 2.37. The summed E-state index contributed by atoms with van der Waals surface area (Å²) in [5, 5.41) is 1.58. The van der Waals surface area contributed by atoms with Crippen molar-refractivity contribution in [2.75, 3.05) is 0 Å². The lowest BCUT2D eigenvalue weighted by atomic mass is 9.89. The van der Waals surface area contributed by atoms with E-state index in [1.807, 2.05) is 18.2 Å². The second-order valence-corrected chi connectivity index (χ2v) is 7.41. The number of alkyl halides is 1. The molecular formula is C14H19BrCl2. The fourth-order valence-electron chi connectivity index (χ4n) is 1.64. The molecule has 1 aromatic rings. The molecule has 1 atom stereocenters. The summed E-state index contributed by atoms with van der Waals surface area (Å²) in [5.41, 5.74) is 1.45. The maximum Gasteiger partial charge on any atom is 0.0439 e. The minimum absolute atomic E-state index is 0.304. The van der Waals surface area contributed by atoms with Crippen molar-refractivity contribution in [1.82, 2.24) is 0 Å². The molecule has 0 amide bonds. The molecule has 1 aromatic carbocycles. The van der Waals surface area contributed by atoms with Crippen LogP contribution in [0.25, 0.3) is 0 Å². The molecule has 17 heavy (non-hydrogen) atoms. The lowest BCUT2D eigenvalue weighted by Gasteiger charge is -2.25. The van der Waals surface area contributed by atoms with E-state index in [4.69, 9.17) is 23.2 Å². The molecule has 0 aliphatic rings. The van der Waals surface area contributed by atoms with Gasteiger partial charge in [0, 0.05) is 14.9 Å². The molecular weight excluding hydrogens is 319 g/mol. The molecule has 1 unspecified atom stereocenters. The van der Waals surface area contributed by atoms with E-state index in [2.05, 4.69) is 36.7 Å². The van der Waals surface area contributed by atoms with Crippen molar-refractivity contribution in [2.24, 2.45) is 5.41 Å². The van der Waals surface area contributed by atoms with E-state index in [0.29, 0.717) is 10.2 Å². The lowest BCUT2D eigenvalue weighted by molar-refractivity contribution is 0.380. The van der Waals surface area contributed by atoms with Crippen LogP contribution in [0, 0.1) is 5.41 Å². The van der Waals surface area contributed by atoms with Crippen molar-refractivity contribution in [2.45, 2.75) is 44.9 Å². The summed E-state index contributed by atoms with van der Waals surface area (Å²) >= 11 is 15.8. The van der Waals surface area contributed by atoms with Crippen LogP contribution < -0.4 is 0 Å². The van der Waals surface area contributed by atoms with E-state index < -0.39 is 0 Å². The Morgan fingerprint density at radius 2 is 1.88 bits per heavy atom. The Morgan fingerprint density at radius 3 is 2.47 bits per heavy atom. The maximum atomic E-state index is 6.13. The molecule has 96 valence electrons. The normalized spacial score (nSPS) is 13.8. The predicted molar refractivity (Wildman–Crippen MR) is 81.6 cm³/mol. The van der Waals surface area contributed by atoms with Gasteiger partial charge < -0.3 is 0 Å². The van der Waals surface area contributed by atoms with Gasteiger partial charge in [0.05, 0.1) is 0 Å². The highest BCUT2D eigenvalue weighted by Crippen LogP contribution is 2.30. The average molecular weight is 338 g/mol. The van der Waals surface area contributed by atoms with Gasteiger partial charge in [0.15, 0.2) is 0 Å². The first-order chi connectivity index (χ1) is 7.80. The van der Waals surface area contributed by atoms with Crippen LogP contribution in [0.3, 0.4) is 0 Å². The molecule has 0 saturated heterocycles. The van der Waals surface area contributed by atoms with Gasteiger partial charge >= 0.3 is 0 Å². The third-order valence-electron chi connectivity index (χ3n) is 2.85. The van der Waals surface area contributed by atoms with Crippen LogP contribution in [-0.4, -0.2) is 4.83 Å². The van der Waals surface area contributed by atoms with Gasteiger partial charge in [-0.1, -0.05) is 59.9 Å². The molecule has 0 spiro atoms. The number of halogens is 3. The Balaban J connectivity index is 2.49. The fraction of sp³-hybridized carbons (Fsp3) is 0.571. The van der Waals surface area contributed by atoms with Crippen LogP contribution in [0.4, 0.5) is 0 Å². The minimum Gasteiger partial charge on any atom is -0.0885 e. The van der Waals surface area contributed by atoms with Gasteiger partial charge in [-0.3, -0.25) is 0 Å². The van der Waals surface area contributed by atoms with Crippen molar-refractivity contribution < 1.29 is 0 Å². The number of aryl methyl sites for hydroxylation is 1. The van der Waals surface area contributed by atoms with E-state index in [0.717, 1.165) is 34.9 Å². The highest BCUT2D eigenvalue weighted by molar-refractivity contribution is 9.09. The largest absolute Gasteiger partial charge is 0.0885 e. The molecule has 0 aliphatic heterocycles. The van der Waals surface area contributed by atoms with Crippen LogP contribution in [0.15, 0.2) is 18.2 Å². The molecule has 0 aliphatic carbocycles. The number of rotatable bonds is 4. The summed E-state index contributed by atoms with van der Waals surface area (Å²) in [6.45, 7) is 6.75. The SMILES string of the molecule is CC(C)(C)C(Br)CCCc1cc(Cl)ccc1Cl. The zero-order chi connectivity index (χ0) is 13.1. The number of benzene rings is 1. The summed E-state index contributed by atoms with van der Waals surface area (Å²) in [4.78, 5) is 0.535. The minimum atomic E-state index is 0.304. The highest BCUT2D eigenvalue weighted by atomic mass is 79.9. The Bertz CT molecular complexity index is 369. The zero-order valence-corrected chi connectivity index (χ0v) is 13.7. The summed E-state index contributed by atoms with van der Waals surface area (Å²) in [6, 6.07) is 5.66. The van der Waals surface area contributed by atoms with Crippen LogP contribution in [-0.2, 0) is 6.42 Å². The topological polar surface area (TPSA) is 0 Å². The van der Waals surface area contributed by atoms with Crippen LogP contribution in [0.2, 0.25) is 10.0 Å². The molecule has 0 bridgehead atoms. The molecule has 0 radical (unpaired) electrons. The molecule has 0 fully saturated rings. The van der Waals surface area contributed by atoms with Crippen LogP contribution in [0.5, 0.6) is 0 Å². The molecule has 0 heterocycles. The first-order valence-electron chi connectivity index (χ1n) is 5.88. The molecule has 1 rings (SSSR count). The van der Waals surface area contributed by atoms with E-state index in [-0.39, 0.29) is 0 Å². The molecule has 0 aromatic heterocycles. The van der Waals surface area contributed by atoms with Gasteiger partial charge in [0.1, 0.15) is 0 Å². The van der Waals surface area contributed by atoms with E-state index in [1.54, 1.807) is 0 Å². The first-order valence-corrected chi connectivity index (χ1v) is 7.56. The number of hydrogen-bond acceptors (Lipinski definition) is 0. The standard InChI is InChI=1S/C14H19BrCl2/c1-14(2,3)13(15)6-4-5-10-9-11(16)7-8-12(10)17/h7-9,13H,4-6H2,1-3H3. The summed E-state index contributed by atoms with van der Waals surface area (Å²) < 4.78 is 0. The molecule has 0 saturated carbocycles. The third kappa shape index (κ3) is 5.19. The number of hydrogen-bond donors (Lipinski definition) is 0. The van der Waals surface area contributed by atoms with E-state index in [1.165, 1.54) is 0 Å². The van der Waals surface area contributed by atoms with E-state index in [9.17, 15) is 0 Å². The Morgan fingerprint density at radius 1 is 1.24 bits per heavy atom. The maximum absolute atomic E-state index is 6.13. The average Bonchev–Trinajstić information content (AvgIpc) is 2.21. The smallest absolute Gasteiger partial charge is 0.0439 e. The van der Waals surface area contributed by atoms with Gasteiger partial charge in [-0.05, 0) is 48.4 Å². The molecule has 0 N–H and O–H groups in total. The van der Waals surface area contributed by atoms with Crippen molar-refractivity contribution in [3.63, 3.8) is 0 Å². The second-order valence-electron chi connectivity index (χ2n) is 5.46. The highest BCUT2D eigenvalue weighted by Gasteiger charge is 2.21. The Labute approximate surface area is 123 Å². The monoisotopic (exact) mass is 336 g/mol. The molecule has 3 heteroatoms. The van der Waals surface area contributed by atoms with Gasteiger partial charge in [0.25, 0.3) is 0 Å². The van der Waals surface area contributed by atoms with Crippen molar-refractivity contribution in [1.29, 1.82) is 0 Å². The second kappa shape index (κ2) is 6.45. The summed E-state index contributed by atoms with van der Waals surface area (Å²) in [5.74, 6) is 0. The van der Waals surface area contributed by atoms with Gasteiger partial charge in [-0.2, -0.15) is 0 Å². The lowest BCUT2D eigenvalue weighted by Crippen LogP contribution is -2.20. The Hall–Kier alpha value is 0.280. The first kappa shape index (κ1) is 15.3. The van der Waals surface area contributed by atoms with E-state index >= 15 is 0 Å². The van der Waals surface area contributed by atoms with Crippen molar-refractivity contribution >= 4 is 39.1 Å². The summed E-state index contributed by atoms with van der Waals surface area (Å²) in [6.07, 6.45) is 3.25. The van der Waals surface area contributed by atoms with Gasteiger partial charge in [-0.25, -0.2) is 0 Å². The van der Waals surface area contributed by atoms with Gasteiger partial charge in [-0.15, -0.1) is 0 Å². The zero-order valence-electron chi connectivity index (χ0n) is 10.6. The molecule has 0 nitrogen and oxygen atoms in total. The Kier molecular flexibility index (Phi) is 5.82. The van der Waals surface area contributed by atoms with Crippen molar-refractivity contribution in [3.8, 4) is 0 Å². The van der Waals surface area contributed by atoms with Crippen LogP contribution >= 0.6 is 39.1 Å².